The van der Waals surface area contributed by atoms with Crippen molar-refractivity contribution in [1.82, 2.24) is 15.1 Å². The van der Waals surface area contributed by atoms with Crippen molar-refractivity contribution in [3.8, 4) is 0 Å². The fourth-order valence-electron chi connectivity index (χ4n) is 2.79. The van der Waals surface area contributed by atoms with Crippen LogP contribution in [0, 0.1) is 5.82 Å². The van der Waals surface area contributed by atoms with E-state index >= 15 is 0 Å². The molecule has 0 amide bonds. The third-order valence-corrected chi connectivity index (χ3v) is 4.99. The van der Waals surface area contributed by atoms with Crippen molar-refractivity contribution in [3.05, 3.63) is 40.7 Å². The Balaban J connectivity index is 1.62. The molecule has 3 rings (SSSR count). The molecule has 0 spiro atoms. The van der Waals surface area contributed by atoms with Crippen LogP contribution in [0.2, 0.25) is 0 Å². The number of benzene rings is 1. The SMILES string of the molecule is Fc1ccccc1Cc1nnc(N2CCCN(CC(F)F)CC2)s1. The molecule has 2 aromatic rings. The Labute approximate surface area is 142 Å². The monoisotopic (exact) mass is 356 g/mol. The van der Waals surface area contributed by atoms with Crippen molar-refractivity contribution < 1.29 is 13.2 Å². The van der Waals surface area contributed by atoms with Crippen LogP contribution in [0.5, 0.6) is 0 Å². The van der Waals surface area contributed by atoms with Crippen molar-refractivity contribution in [3.63, 3.8) is 0 Å². The van der Waals surface area contributed by atoms with Gasteiger partial charge in [-0.1, -0.05) is 29.5 Å². The Morgan fingerprint density at radius 2 is 1.92 bits per heavy atom. The van der Waals surface area contributed by atoms with Crippen LogP contribution in [0.4, 0.5) is 18.3 Å². The van der Waals surface area contributed by atoms with Gasteiger partial charge in [0.15, 0.2) is 0 Å². The molecular weight excluding hydrogens is 337 g/mol. The van der Waals surface area contributed by atoms with Crippen molar-refractivity contribution in [2.24, 2.45) is 0 Å². The van der Waals surface area contributed by atoms with Gasteiger partial charge in [0.25, 0.3) is 6.43 Å². The van der Waals surface area contributed by atoms with E-state index in [0.717, 1.165) is 23.1 Å². The summed E-state index contributed by atoms with van der Waals surface area (Å²) in [5, 5.41) is 9.88. The first-order valence-electron chi connectivity index (χ1n) is 7.93. The van der Waals surface area contributed by atoms with Crippen molar-refractivity contribution in [2.75, 3.05) is 37.6 Å². The van der Waals surface area contributed by atoms with Gasteiger partial charge in [-0.05, 0) is 18.1 Å². The molecule has 0 atom stereocenters. The largest absolute Gasteiger partial charge is 0.345 e. The fraction of sp³-hybridized carbons (Fsp3) is 0.500. The molecule has 24 heavy (non-hydrogen) atoms. The average molecular weight is 356 g/mol. The Morgan fingerprint density at radius 3 is 2.71 bits per heavy atom. The van der Waals surface area contributed by atoms with E-state index in [4.69, 9.17) is 0 Å². The number of aromatic nitrogens is 2. The normalized spacial score (nSPS) is 16.6. The van der Waals surface area contributed by atoms with E-state index in [-0.39, 0.29) is 12.4 Å². The molecule has 1 saturated heterocycles. The lowest BCUT2D eigenvalue weighted by atomic mass is 10.1. The number of hydrogen-bond donors (Lipinski definition) is 0. The molecule has 130 valence electrons. The highest BCUT2D eigenvalue weighted by Gasteiger charge is 2.20. The maximum absolute atomic E-state index is 13.7. The molecule has 1 aliphatic rings. The highest BCUT2D eigenvalue weighted by atomic mass is 32.1. The van der Waals surface area contributed by atoms with E-state index in [2.05, 4.69) is 15.1 Å². The highest BCUT2D eigenvalue weighted by molar-refractivity contribution is 7.15. The van der Waals surface area contributed by atoms with Gasteiger partial charge in [0, 0.05) is 32.6 Å². The lowest BCUT2D eigenvalue weighted by Crippen LogP contribution is -2.33. The molecule has 2 heterocycles. The van der Waals surface area contributed by atoms with Gasteiger partial charge in [0.2, 0.25) is 5.13 Å². The van der Waals surface area contributed by atoms with Gasteiger partial charge in [-0.3, -0.25) is 4.90 Å². The fourth-order valence-corrected chi connectivity index (χ4v) is 3.70. The van der Waals surface area contributed by atoms with Crippen molar-refractivity contribution >= 4 is 16.5 Å². The molecule has 0 aliphatic carbocycles. The lowest BCUT2D eigenvalue weighted by Gasteiger charge is -2.20. The Kier molecular flexibility index (Phi) is 5.68. The van der Waals surface area contributed by atoms with Crippen LogP contribution < -0.4 is 4.90 Å². The van der Waals surface area contributed by atoms with Gasteiger partial charge in [-0.25, -0.2) is 13.2 Å². The third kappa shape index (κ3) is 4.45. The van der Waals surface area contributed by atoms with E-state index in [0.29, 0.717) is 31.6 Å². The third-order valence-electron chi connectivity index (χ3n) is 4.01. The molecule has 0 radical (unpaired) electrons. The lowest BCUT2D eigenvalue weighted by molar-refractivity contribution is 0.0917. The van der Waals surface area contributed by atoms with Crippen LogP contribution in [0.1, 0.15) is 17.0 Å². The predicted molar refractivity (Wildman–Crippen MR) is 88.4 cm³/mol. The standard InChI is InChI=1S/C16H19F3N4S/c17-13-5-2-1-4-12(13)10-15-20-21-16(24-15)23-7-3-6-22(8-9-23)11-14(18)19/h1-2,4-5,14H,3,6-11H2. The molecule has 0 unspecified atom stereocenters. The zero-order valence-electron chi connectivity index (χ0n) is 13.2. The summed E-state index contributed by atoms with van der Waals surface area (Å²) in [5.74, 6) is -0.244. The van der Waals surface area contributed by atoms with Crippen molar-refractivity contribution in [2.45, 2.75) is 19.3 Å². The van der Waals surface area contributed by atoms with E-state index in [1.165, 1.54) is 17.4 Å². The second-order valence-corrected chi connectivity index (χ2v) is 6.82. The second-order valence-electron chi connectivity index (χ2n) is 5.78. The topological polar surface area (TPSA) is 32.3 Å². The van der Waals surface area contributed by atoms with Gasteiger partial charge in [-0.2, -0.15) is 0 Å². The summed E-state index contributed by atoms with van der Waals surface area (Å²) < 4.78 is 38.7. The van der Waals surface area contributed by atoms with Crippen LogP contribution in [-0.4, -0.2) is 54.2 Å². The van der Waals surface area contributed by atoms with E-state index in [1.54, 1.807) is 23.1 Å². The average Bonchev–Trinajstić information content (AvgIpc) is 2.88. The Bertz CT molecular complexity index is 664. The van der Waals surface area contributed by atoms with Gasteiger partial charge >= 0.3 is 0 Å². The first kappa shape index (κ1) is 17.2. The summed E-state index contributed by atoms with van der Waals surface area (Å²) in [7, 11) is 0. The maximum atomic E-state index is 13.7. The summed E-state index contributed by atoms with van der Waals surface area (Å²) >= 11 is 1.44. The second kappa shape index (κ2) is 7.94. The highest BCUT2D eigenvalue weighted by Crippen LogP contribution is 2.24. The minimum absolute atomic E-state index is 0.178. The smallest absolute Gasteiger partial charge is 0.251 e. The van der Waals surface area contributed by atoms with E-state index in [1.807, 2.05) is 0 Å². The van der Waals surface area contributed by atoms with Crippen LogP contribution in [0.15, 0.2) is 24.3 Å². The molecule has 8 heteroatoms. The predicted octanol–water partition coefficient (Wildman–Crippen LogP) is 3.05. The number of hydrogen-bond acceptors (Lipinski definition) is 5. The van der Waals surface area contributed by atoms with Gasteiger partial charge in [-0.15, -0.1) is 10.2 Å². The molecule has 1 aromatic carbocycles. The first-order chi connectivity index (χ1) is 11.6. The summed E-state index contributed by atoms with van der Waals surface area (Å²) in [6.07, 6.45) is -1.07. The molecule has 1 aliphatic heterocycles. The maximum Gasteiger partial charge on any atom is 0.251 e. The number of anilines is 1. The molecule has 1 aromatic heterocycles. The van der Waals surface area contributed by atoms with Crippen molar-refractivity contribution in [1.29, 1.82) is 0 Å². The quantitative estimate of drug-likeness (QED) is 0.824. The number of nitrogens with zero attached hydrogens (tertiary/aromatic N) is 4. The summed E-state index contributed by atoms with van der Waals surface area (Å²) in [5.41, 5.74) is 0.596. The molecular formula is C16H19F3N4S. The van der Waals surface area contributed by atoms with Gasteiger partial charge in [0.05, 0.1) is 6.54 Å². The molecule has 1 fully saturated rings. The zero-order chi connectivity index (χ0) is 16.9. The number of alkyl halides is 2. The number of halogens is 3. The van der Waals surface area contributed by atoms with Crippen LogP contribution in [-0.2, 0) is 6.42 Å². The van der Waals surface area contributed by atoms with E-state index in [9.17, 15) is 13.2 Å². The van der Waals surface area contributed by atoms with E-state index < -0.39 is 6.43 Å². The van der Waals surface area contributed by atoms with Gasteiger partial charge < -0.3 is 4.90 Å². The summed E-state index contributed by atoms with van der Waals surface area (Å²) in [6, 6.07) is 6.63. The minimum Gasteiger partial charge on any atom is -0.345 e. The van der Waals surface area contributed by atoms with Gasteiger partial charge in [0.1, 0.15) is 10.8 Å². The molecule has 0 bridgehead atoms. The number of rotatable bonds is 5. The van der Waals surface area contributed by atoms with Crippen LogP contribution >= 0.6 is 11.3 Å². The van der Waals surface area contributed by atoms with Crippen LogP contribution in [0.25, 0.3) is 0 Å². The Hall–Kier alpha value is -1.67. The summed E-state index contributed by atoms with van der Waals surface area (Å²) in [4.78, 5) is 3.86. The first-order valence-corrected chi connectivity index (χ1v) is 8.74. The molecule has 0 saturated carbocycles. The Morgan fingerprint density at radius 1 is 1.08 bits per heavy atom. The molecule has 0 N–H and O–H groups in total. The molecule has 4 nitrogen and oxygen atoms in total. The zero-order valence-corrected chi connectivity index (χ0v) is 14.0. The minimum atomic E-state index is -2.30. The summed E-state index contributed by atoms with van der Waals surface area (Å²) in [6.45, 7) is 2.51. The van der Waals surface area contributed by atoms with Crippen LogP contribution in [0.3, 0.4) is 0 Å².